The fourth-order valence-corrected chi connectivity index (χ4v) is 1.62. The summed E-state index contributed by atoms with van der Waals surface area (Å²) in [5, 5.41) is 2.51. The topological polar surface area (TPSA) is 3.24 Å². The van der Waals surface area contributed by atoms with Gasteiger partial charge in [0.1, 0.15) is 0 Å². The summed E-state index contributed by atoms with van der Waals surface area (Å²) < 4.78 is 0. The van der Waals surface area contributed by atoms with Crippen molar-refractivity contribution in [1.29, 1.82) is 0 Å². The van der Waals surface area contributed by atoms with Gasteiger partial charge in [-0.15, -0.1) is 11.6 Å². The van der Waals surface area contributed by atoms with E-state index in [4.69, 9.17) is 11.6 Å². The van der Waals surface area contributed by atoms with E-state index >= 15 is 0 Å². The molecule has 0 amide bonds. The highest BCUT2D eigenvalue weighted by Gasteiger charge is 1.99. The number of alkyl halides is 1. The van der Waals surface area contributed by atoms with Crippen LogP contribution in [0.3, 0.4) is 0 Å². The number of halogens is 1. The first-order valence-corrected chi connectivity index (χ1v) is 5.10. The van der Waals surface area contributed by atoms with E-state index in [9.17, 15) is 0 Å². The van der Waals surface area contributed by atoms with Crippen LogP contribution in [-0.2, 0) is 0 Å². The van der Waals surface area contributed by atoms with Gasteiger partial charge >= 0.3 is 0 Å². The molecular formula is C12H12ClN. The van der Waals surface area contributed by atoms with Crippen molar-refractivity contribution in [2.45, 2.75) is 0 Å². The Balaban J connectivity index is 2.51. The molecule has 0 aliphatic rings. The molecule has 0 heterocycles. The molecule has 72 valence electrons. The van der Waals surface area contributed by atoms with Gasteiger partial charge < -0.3 is 4.90 Å². The van der Waals surface area contributed by atoms with Gasteiger partial charge in [-0.2, -0.15) is 0 Å². The van der Waals surface area contributed by atoms with Gasteiger partial charge in [0.25, 0.3) is 0 Å². The van der Waals surface area contributed by atoms with Crippen molar-refractivity contribution in [3.05, 3.63) is 42.5 Å². The molecule has 2 heteroatoms. The van der Waals surface area contributed by atoms with Crippen LogP contribution in [0, 0.1) is 0 Å². The second-order valence-corrected chi connectivity index (χ2v) is 3.59. The Kier molecular flexibility index (Phi) is 2.60. The van der Waals surface area contributed by atoms with E-state index in [0.29, 0.717) is 6.00 Å². The van der Waals surface area contributed by atoms with Crippen LogP contribution in [0.2, 0.25) is 0 Å². The van der Waals surface area contributed by atoms with E-state index in [-0.39, 0.29) is 0 Å². The normalized spacial score (nSPS) is 10.4. The van der Waals surface area contributed by atoms with Gasteiger partial charge in [-0.05, 0) is 22.9 Å². The zero-order valence-corrected chi connectivity index (χ0v) is 8.83. The van der Waals surface area contributed by atoms with E-state index in [1.165, 1.54) is 10.8 Å². The summed E-state index contributed by atoms with van der Waals surface area (Å²) in [6.45, 7) is 0. The molecule has 0 radical (unpaired) electrons. The number of hydrogen-bond acceptors (Lipinski definition) is 1. The lowest BCUT2D eigenvalue weighted by molar-refractivity contribution is 1.09. The van der Waals surface area contributed by atoms with Crippen LogP contribution in [0.15, 0.2) is 42.5 Å². The van der Waals surface area contributed by atoms with Crippen LogP contribution in [0.5, 0.6) is 0 Å². The fraction of sp³-hybridized carbons (Fsp3) is 0.167. The van der Waals surface area contributed by atoms with Gasteiger partial charge in [0, 0.05) is 12.7 Å². The monoisotopic (exact) mass is 205 g/mol. The van der Waals surface area contributed by atoms with Crippen molar-refractivity contribution in [1.82, 2.24) is 0 Å². The summed E-state index contributed by atoms with van der Waals surface area (Å²) in [6.07, 6.45) is 0. The molecule has 2 aromatic carbocycles. The van der Waals surface area contributed by atoms with Crippen molar-refractivity contribution in [2.24, 2.45) is 0 Å². The standard InChI is InChI=1S/C12H12ClN/c1-14(9-13)12-7-6-10-4-2-3-5-11(10)8-12/h2-8H,9H2,1H3. The van der Waals surface area contributed by atoms with Crippen LogP contribution >= 0.6 is 11.6 Å². The van der Waals surface area contributed by atoms with Gasteiger partial charge in [0.05, 0.1) is 6.00 Å². The highest BCUT2D eigenvalue weighted by molar-refractivity contribution is 6.19. The molecule has 0 aromatic heterocycles. The third-order valence-electron chi connectivity index (χ3n) is 2.35. The Bertz CT molecular complexity index is 439. The zero-order valence-electron chi connectivity index (χ0n) is 8.07. The smallest absolute Gasteiger partial charge is 0.0925 e. The minimum absolute atomic E-state index is 0.512. The fourth-order valence-electron chi connectivity index (χ4n) is 1.48. The van der Waals surface area contributed by atoms with E-state index in [2.05, 4.69) is 30.3 Å². The van der Waals surface area contributed by atoms with E-state index in [1.807, 2.05) is 24.1 Å². The molecule has 0 spiro atoms. The largest absolute Gasteiger partial charge is 0.361 e. The van der Waals surface area contributed by atoms with Crippen LogP contribution in [0.1, 0.15) is 0 Å². The lowest BCUT2D eigenvalue weighted by Gasteiger charge is -2.15. The summed E-state index contributed by atoms with van der Waals surface area (Å²) in [7, 11) is 1.98. The van der Waals surface area contributed by atoms with Gasteiger partial charge in [-0.25, -0.2) is 0 Å². The van der Waals surface area contributed by atoms with Gasteiger partial charge in [0.2, 0.25) is 0 Å². The number of nitrogens with zero attached hydrogens (tertiary/aromatic N) is 1. The number of fused-ring (bicyclic) bond motifs is 1. The molecule has 0 N–H and O–H groups in total. The Labute approximate surface area is 88.9 Å². The van der Waals surface area contributed by atoms with Crippen molar-refractivity contribution >= 4 is 28.1 Å². The molecule has 0 saturated heterocycles. The van der Waals surface area contributed by atoms with Gasteiger partial charge in [-0.1, -0.05) is 30.3 Å². The summed E-state index contributed by atoms with van der Waals surface area (Å²) in [4.78, 5) is 2.01. The molecule has 0 fully saturated rings. The first kappa shape index (κ1) is 9.35. The highest BCUT2D eigenvalue weighted by atomic mass is 35.5. The Morgan fingerprint density at radius 1 is 1.07 bits per heavy atom. The van der Waals surface area contributed by atoms with E-state index < -0.39 is 0 Å². The first-order chi connectivity index (χ1) is 6.81. The Morgan fingerprint density at radius 3 is 2.50 bits per heavy atom. The summed E-state index contributed by atoms with van der Waals surface area (Å²) in [5.74, 6) is 0. The summed E-state index contributed by atoms with van der Waals surface area (Å²) in [5.41, 5.74) is 1.15. The Morgan fingerprint density at radius 2 is 1.79 bits per heavy atom. The molecule has 0 aliphatic heterocycles. The number of anilines is 1. The molecule has 2 aromatic rings. The third kappa shape index (κ3) is 1.68. The first-order valence-electron chi connectivity index (χ1n) is 4.57. The maximum atomic E-state index is 5.76. The molecule has 0 bridgehead atoms. The average molecular weight is 206 g/mol. The zero-order chi connectivity index (χ0) is 9.97. The van der Waals surface area contributed by atoms with E-state index in [1.54, 1.807) is 0 Å². The van der Waals surface area contributed by atoms with E-state index in [0.717, 1.165) is 5.69 Å². The molecule has 0 unspecified atom stereocenters. The highest BCUT2D eigenvalue weighted by Crippen LogP contribution is 2.21. The summed E-state index contributed by atoms with van der Waals surface area (Å²) >= 11 is 5.76. The van der Waals surface area contributed by atoms with Crippen molar-refractivity contribution in [2.75, 3.05) is 18.0 Å². The molecule has 2 rings (SSSR count). The van der Waals surface area contributed by atoms with Crippen molar-refractivity contribution < 1.29 is 0 Å². The second kappa shape index (κ2) is 3.89. The molecule has 14 heavy (non-hydrogen) atoms. The number of hydrogen-bond donors (Lipinski definition) is 0. The maximum Gasteiger partial charge on any atom is 0.0925 e. The average Bonchev–Trinajstić information content (AvgIpc) is 2.27. The maximum absolute atomic E-state index is 5.76. The number of benzene rings is 2. The molecule has 0 aliphatic carbocycles. The predicted molar refractivity (Wildman–Crippen MR) is 63.1 cm³/mol. The van der Waals surface area contributed by atoms with Crippen LogP contribution < -0.4 is 4.90 Å². The molecule has 0 atom stereocenters. The quantitative estimate of drug-likeness (QED) is 0.536. The molecule has 1 nitrogen and oxygen atoms in total. The van der Waals surface area contributed by atoms with Crippen LogP contribution in [0.4, 0.5) is 5.69 Å². The predicted octanol–water partition coefficient (Wildman–Crippen LogP) is 3.47. The van der Waals surface area contributed by atoms with Crippen molar-refractivity contribution in [3.8, 4) is 0 Å². The van der Waals surface area contributed by atoms with Gasteiger partial charge in [0.15, 0.2) is 0 Å². The van der Waals surface area contributed by atoms with Crippen molar-refractivity contribution in [3.63, 3.8) is 0 Å². The minimum atomic E-state index is 0.512. The van der Waals surface area contributed by atoms with Crippen LogP contribution in [-0.4, -0.2) is 13.1 Å². The van der Waals surface area contributed by atoms with Gasteiger partial charge in [-0.3, -0.25) is 0 Å². The van der Waals surface area contributed by atoms with Crippen LogP contribution in [0.25, 0.3) is 10.8 Å². The third-order valence-corrected chi connectivity index (χ3v) is 2.71. The second-order valence-electron chi connectivity index (χ2n) is 3.35. The number of rotatable bonds is 2. The SMILES string of the molecule is CN(CCl)c1ccc2ccccc2c1. The minimum Gasteiger partial charge on any atom is -0.361 e. The lowest BCUT2D eigenvalue weighted by Crippen LogP contribution is -2.13. The lowest BCUT2D eigenvalue weighted by atomic mass is 10.1. The molecule has 0 saturated carbocycles. The Hall–Kier alpha value is -1.21. The summed E-state index contributed by atoms with van der Waals surface area (Å²) in [6, 6.07) is 15.2. The molecular weight excluding hydrogens is 194 g/mol.